The number of morpholine rings is 1. The van der Waals surface area contributed by atoms with Crippen LogP contribution in [0.25, 0.3) is 16.9 Å². The fourth-order valence-corrected chi connectivity index (χ4v) is 4.03. The maximum absolute atomic E-state index is 11.3. The zero-order valence-corrected chi connectivity index (χ0v) is 18.7. The minimum absolute atomic E-state index is 0.0268. The normalized spacial score (nSPS) is 17.5. The summed E-state index contributed by atoms with van der Waals surface area (Å²) in [6.07, 6.45) is 3.05. The van der Waals surface area contributed by atoms with E-state index in [4.69, 9.17) is 13.9 Å². The SMILES string of the molecule is CN(C)CC1CN(c2nc(-c3cccc(COS(C)(=O)=O)c3)nn3cccc23)CCO1. The molecule has 0 spiro atoms. The van der Waals surface area contributed by atoms with E-state index in [1.54, 1.807) is 0 Å². The van der Waals surface area contributed by atoms with Gasteiger partial charge in [0.25, 0.3) is 10.1 Å². The third kappa shape index (κ3) is 5.40. The van der Waals surface area contributed by atoms with Gasteiger partial charge in [-0.1, -0.05) is 18.2 Å². The molecule has 1 atom stereocenters. The van der Waals surface area contributed by atoms with E-state index < -0.39 is 10.1 Å². The summed E-state index contributed by atoms with van der Waals surface area (Å²) in [6.45, 7) is 2.96. The molecule has 0 bridgehead atoms. The maximum Gasteiger partial charge on any atom is 0.264 e. The summed E-state index contributed by atoms with van der Waals surface area (Å²) in [4.78, 5) is 9.26. The third-order valence-corrected chi connectivity index (χ3v) is 5.55. The smallest absolute Gasteiger partial charge is 0.264 e. The zero-order chi connectivity index (χ0) is 22.0. The first-order valence-corrected chi connectivity index (χ1v) is 11.9. The predicted molar refractivity (Wildman–Crippen MR) is 119 cm³/mol. The number of rotatable bonds is 7. The summed E-state index contributed by atoms with van der Waals surface area (Å²) < 4.78 is 35.3. The first-order chi connectivity index (χ1) is 14.8. The van der Waals surface area contributed by atoms with Crippen LogP contribution in [0.4, 0.5) is 5.82 Å². The number of likely N-dealkylation sites (N-methyl/N-ethyl adjacent to an activating group) is 1. The number of hydrogen-bond donors (Lipinski definition) is 0. The molecule has 9 nitrogen and oxygen atoms in total. The third-order valence-electron chi connectivity index (χ3n) is 5.00. The summed E-state index contributed by atoms with van der Waals surface area (Å²) in [5, 5.41) is 4.66. The van der Waals surface area contributed by atoms with E-state index in [0.717, 1.165) is 48.4 Å². The molecule has 1 fully saturated rings. The number of aromatic nitrogens is 3. The van der Waals surface area contributed by atoms with Crippen LogP contribution in [0.1, 0.15) is 5.56 Å². The largest absolute Gasteiger partial charge is 0.373 e. The molecule has 1 unspecified atom stereocenters. The molecule has 4 rings (SSSR count). The summed E-state index contributed by atoms with van der Waals surface area (Å²) in [5.74, 6) is 1.43. The van der Waals surface area contributed by atoms with Gasteiger partial charge in [-0.2, -0.15) is 8.42 Å². The molecule has 1 saturated heterocycles. The van der Waals surface area contributed by atoms with E-state index in [-0.39, 0.29) is 12.7 Å². The van der Waals surface area contributed by atoms with Crippen LogP contribution in [0.15, 0.2) is 42.6 Å². The van der Waals surface area contributed by atoms with Crippen molar-refractivity contribution in [3.8, 4) is 11.4 Å². The van der Waals surface area contributed by atoms with Crippen LogP contribution in [0, 0.1) is 0 Å². The zero-order valence-electron chi connectivity index (χ0n) is 17.9. The Morgan fingerprint density at radius 3 is 2.87 bits per heavy atom. The number of fused-ring (bicyclic) bond motifs is 1. The number of hydrogen-bond acceptors (Lipinski definition) is 8. The van der Waals surface area contributed by atoms with Crippen molar-refractivity contribution in [1.29, 1.82) is 0 Å². The van der Waals surface area contributed by atoms with Crippen LogP contribution in [-0.4, -0.2) is 80.6 Å². The molecule has 0 radical (unpaired) electrons. The van der Waals surface area contributed by atoms with Crippen molar-refractivity contribution >= 4 is 21.5 Å². The fraction of sp³-hybridized carbons (Fsp3) is 0.429. The van der Waals surface area contributed by atoms with Crippen molar-refractivity contribution < 1.29 is 17.3 Å². The molecule has 166 valence electrons. The highest BCUT2D eigenvalue weighted by Crippen LogP contribution is 2.26. The summed E-state index contributed by atoms with van der Waals surface area (Å²) in [7, 11) is 0.563. The second kappa shape index (κ2) is 8.91. The topological polar surface area (TPSA) is 89.3 Å². The van der Waals surface area contributed by atoms with Gasteiger partial charge >= 0.3 is 0 Å². The average molecular weight is 446 g/mol. The van der Waals surface area contributed by atoms with Crippen molar-refractivity contribution in [3.05, 3.63) is 48.2 Å². The number of benzene rings is 1. The van der Waals surface area contributed by atoms with Crippen LogP contribution in [0.3, 0.4) is 0 Å². The molecular weight excluding hydrogens is 418 g/mol. The Kier molecular flexibility index (Phi) is 6.24. The van der Waals surface area contributed by atoms with Gasteiger partial charge in [-0.25, -0.2) is 9.50 Å². The van der Waals surface area contributed by atoms with E-state index in [0.29, 0.717) is 12.4 Å². The van der Waals surface area contributed by atoms with Gasteiger partial charge in [0.2, 0.25) is 0 Å². The molecule has 0 N–H and O–H groups in total. The van der Waals surface area contributed by atoms with Gasteiger partial charge in [0.15, 0.2) is 11.6 Å². The van der Waals surface area contributed by atoms with Gasteiger partial charge in [0, 0.05) is 31.4 Å². The van der Waals surface area contributed by atoms with Crippen LogP contribution in [-0.2, 0) is 25.6 Å². The highest BCUT2D eigenvalue weighted by atomic mass is 32.2. The van der Waals surface area contributed by atoms with Crippen LogP contribution in [0.2, 0.25) is 0 Å². The summed E-state index contributed by atoms with van der Waals surface area (Å²) >= 11 is 0. The van der Waals surface area contributed by atoms with E-state index in [9.17, 15) is 8.42 Å². The van der Waals surface area contributed by atoms with Gasteiger partial charge in [-0.3, -0.25) is 4.18 Å². The Morgan fingerprint density at radius 1 is 1.26 bits per heavy atom. The standard InChI is InChI=1S/C21H27N5O4S/c1-24(2)13-18-14-25(10-11-29-18)21-19-8-5-9-26(19)23-20(22-21)17-7-4-6-16(12-17)15-30-31(3,27)28/h4-9,12,18H,10-11,13-15H2,1-3H3. The molecule has 0 aliphatic carbocycles. The molecule has 10 heteroatoms. The molecule has 1 aliphatic heterocycles. The van der Waals surface area contributed by atoms with Gasteiger partial charge < -0.3 is 14.5 Å². The summed E-state index contributed by atoms with van der Waals surface area (Å²) in [6, 6.07) is 11.4. The van der Waals surface area contributed by atoms with Gasteiger partial charge in [-0.05, 0) is 37.9 Å². The van der Waals surface area contributed by atoms with Crippen molar-refractivity contribution in [1.82, 2.24) is 19.5 Å². The molecule has 0 saturated carbocycles. The quantitative estimate of drug-likeness (QED) is 0.507. The number of anilines is 1. The van der Waals surface area contributed by atoms with E-state index in [1.165, 1.54) is 0 Å². The van der Waals surface area contributed by atoms with Gasteiger partial charge in [-0.15, -0.1) is 5.10 Å². The first kappa shape index (κ1) is 21.7. The minimum Gasteiger partial charge on any atom is -0.373 e. The molecule has 1 aliphatic rings. The molecule has 0 amide bonds. The molecule has 1 aromatic carbocycles. The van der Waals surface area contributed by atoms with Crippen molar-refractivity contribution in [2.24, 2.45) is 0 Å². The second-order valence-electron chi connectivity index (χ2n) is 7.96. The Labute approximate surface area is 182 Å². The van der Waals surface area contributed by atoms with Gasteiger partial charge in [0.05, 0.1) is 25.6 Å². The van der Waals surface area contributed by atoms with Crippen LogP contribution >= 0.6 is 0 Å². The molecule has 3 heterocycles. The Balaban J connectivity index is 1.66. The Hall–Kier alpha value is -2.53. The molecular formula is C21H27N5O4S. The molecule has 2 aromatic heterocycles. The van der Waals surface area contributed by atoms with Crippen molar-refractivity contribution in [2.45, 2.75) is 12.7 Å². The van der Waals surface area contributed by atoms with Crippen molar-refractivity contribution in [3.63, 3.8) is 0 Å². The van der Waals surface area contributed by atoms with Crippen LogP contribution in [0.5, 0.6) is 0 Å². The van der Waals surface area contributed by atoms with E-state index >= 15 is 0 Å². The lowest BCUT2D eigenvalue weighted by Crippen LogP contribution is -2.47. The van der Waals surface area contributed by atoms with E-state index in [2.05, 4.69) is 14.9 Å². The predicted octanol–water partition coefficient (Wildman–Crippen LogP) is 1.64. The average Bonchev–Trinajstić information content (AvgIpc) is 3.20. The monoisotopic (exact) mass is 445 g/mol. The first-order valence-electron chi connectivity index (χ1n) is 10.1. The number of ether oxygens (including phenoxy) is 1. The van der Waals surface area contributed by atoms with Gasteiger partial charge in [0.1, 0.15) is 5.52 Å². The lowest BCUT2D eigenvalue weighted by molar-refractivity contribution is 0.0246. The highest BCUT2D eigenvalue weighted by molar-refractivity contribution is 7.85. The van der Waals surface area contributed by atoms with Crippen LogP contribution < -0.4 is 4.90 Å². The summed E-state index contributed by atoms with van der Waals surface area (Å²) in [5.41, 5.74) is 2.47. The van der Waals surface area contributed by atoms with E-state index in [1.807, 2.05) is 61.2 Å². The molecule has 3 aromatic rings. The second-order valence-corrected chi connectivity index (χ2v) is 9.61. The highest BCUT2D eigenvalue weighted by Gasteiger charge is 2.24. The number of nitrogens with zero attached hydrogens (tertiary/aromatic N) is 5. The minimum atomic E-state index is -3.51. The fourth-order valence-electron chi connectivity index (χ4n) is 3.68. The van der Waals surface area contributed by atoms with Crippen molar-refractivity contribution in [2.75, 3.05) is 51.5 Å². The molecule has 31 heavy (non-hydrogen) atoms. The lowest BCUT2D eigenvalue weighted by atomic mass is 10.1. The maximum atomic E-state index is 11.3. The Morgan fingerprint density at radius 2 is 2.10 bits per heavy atom. The lowest BCUT2D eigenvalue weighted by Gasteiger charge is -2.35. The Bertz CT molecular complexity index is 1160.